The molecule has 3 aromatic rings. The molecule has 1 heterocycles. The number of nitrogens with one attached hydrogen (secondary N) is 1. The minimum atomic E-state index is -4.12. The maximum absolute atomic E-state index is 13.7. The van der Waals surface area contributed by atoms with Crippen LogP contribution < -0.4 is 9.46 Å². The van der Waals surface area contributed by atoms with Gasteiger partial charge in [-0.25, -0.2) is 22.2 Å². The van der Waals surface area contributed by atoms with E-state index in [9.17, 15) is 22.5 Å². The molecule has 3 rings (SSSR count). The normalized spacial score (nSPS) is 10.6. The molecule has 0 amide bonds. The number of anilines is 1. The molecule has 0 saturated carbocycles. The largest absolute Gasteiger partial charge is 0.454 e. The van der Waals surface area contributed by atoms with Crippen LogP contribution in [0.4, 0.5) is 14.6 Å². The van der Waals surface area contributed by atoms with Crippen LogP contribution in [-0.4, -0.2) is 13.4 Å². The van der Waals surface area contributed by atoms with Crippen molar-refractivity contribution in [2.24, 2.45) is 0 Å². The summed E-state index contributed by atoms with van der Waals surface area (Å²) < 4.78 is 59.2. The number of hydrogen-bond acceptors (Lipinski definition) is 6. The van der Waals surface area contributed by atoms with Gasteiger partial charge in [0.05, 0.1) is 16.7 Å². The molecule has 144 valence electrons. The van der Waals surface area contributed by atoms with Crippen LogP contribution in [0.25, 0.3) is 0 Å². The molecule has 0 atom stereocenters. The summed E-state index contributed by atoms with van der Waals surface area (Å²) in [5.41, 5.74) is -0.509. The first-order valence-electron chi connectivity index (χ1n) is 7.89. The first-order chi connectivity index (χ1) is 13.8. The van der Waals surface area contributed by atoms with E-state index in [0.717, 1.165) is 36.5 Å². The number of sulfonamides is 1. The van der Waals surface area contributed by atoms with Gasteiger partial charge < -0.3 is 4.74 Å². The van der Waals surface area contributed by atoms with Crippen LogP contribution in [0.3, 0.4) is 0 Å². The van der Waals surface area contributed by atoms with E-state index in [1.807, 2.05) is 0 Å². The van der Waals surface area contributed by atoms with E-state index >= 15 is 0 Å². The Labute approximate surface area is 164 Å². The minimum absolute atomic E-state index is 0.0616. The topological polar surface area (TPSA) is 116 Å². The van der Waals surface area contributed by atoms with E-state index in [-0.39, 0.29) is 33.3 Å². The summed E-state index contributed by atoms with van der Waals surface area (Å²) in [5.74, 6) is -1.71. The van der Waals surface area contributed by atoms with Gasteiger partial charge >= 0.3 is 0 Å². The van der Waals surface area contributed by atoms with Crippen LogP contribution in [0.5, 0.6) is 11.5 Å². The lowest BCUT2D eigenvalue weighted by Crippen LogP contribution is -2.14. The van der Waals surface area contributed by atoms with E-state index in [4.69, 9.17) is 10.00 Å². The van der Waals surface area contributed by atoms with E-state index < -0.39 is 21.7 Å². The molecule has 0 aliphatic heterocycles. The third-order valence-electron chi connectivity index (χ3n) is 3.66. The van der Waals surface area contributed by atoms with Gasteiger partial charge in [0.25, 0.3) is 10.0 Å². The maximum Gasteiger partial charge on any atom is 0.263 e. The zero-order chi connectivity index (χ0) is 21.0. The predicted molar refractivity (Wildman–Crippen MR) is 97.3 cm³/mol. The Morgan fingerprint density at radius 2 is 1.79 bits per heavy atom. The summed E-state index contributed by atoms with van der Waals surface area (Å²) in [4.78, 5) is 3.34. The lowest BCUT2D eigenvalue weighted by Gasteiger charge is -2.11. The van der Waals surface area contributed by atoms with Gasteiger partial charge in [-0.2, -0.15) is 10.5 Å². The van der Waals surface area contributed by atoms with Crippen LogP contribution in [-0.2, 0) is 10.0 Å². The van der Waals surface area contributed by atoms with Gasteiger partial charge in [-0.3, -0.25) is 4.72 Å². The summed E-state index contributed by atoms with van der Waals surface area (Å²) in [6, 6.07) is 12.8. The van der Waals surface area contributed by atoms with Crippen LogP contribution in [0.1, 0.15) is 11.1 Å². The van der Waals surface area contributed by atoms with Gasteiger partial charge in [0.2, 0.25) is 0 Å². The van der Waals surface area contributed by atoms with Crippen molar-refractivity contribution in [2.45, 2.75) is 4.90 Å². The molecule has 0 bridgehead atoms. The Balaban J connectivity index is 1.93. The molecule has 29 heavy (non-hydrogen) atoms. The summed E-state index contributed by atoms with van der Waals surface area (Å²) in [7, 11) is -4.12. The highest BCUT2D eigenvalue weighted by Gasteiger charge is 2.19. The molecule has 0 unspecified atom stereocenters. The summed E-state index contributed by atoms with van der Waals surface area (Å²) in [6.07, 6.45) is 0.848. The average Bonchev–Trinajstić information content (AvgIpc) is 2.70. The van der Waals surface area contributed by atoms with Gasteiger partial charge in [0.1, 0.15) is 46.7 Å². The van der Waals surface area contributed by atoms with Gasteiger partial charge in [-0.15, -0.1) is 0 Å². The molecule has 0 saturated heterocycles. The molecule has 2 aromatic carbocycles. The van der Waals surface area contributed by atoms with Crippen molar-refractivity contribution in [3.8, 4) is 23.6 Å². The minimum Gasteiger partial charge on any atom is -0.454 e. The van der Waals surface area contributed by atoms with Crippen molar-refractivity contribution in [3.63, 3.8) is 0 Å². The number of nitriles is 2. The van der Waals surface area contributed by atoms with Crippen LogP contribution in [0, 0.1) is 34.3 Å². The van der Waals surface area contributed by atoms with Crippen LogP contribution in [0.15, 0.2) is 59.6 Å². The molecule has 0 aliphatic rings. The molecule has 7 nitrogen and oxygen atoms in total. The standard InChI is InChI=1S/C19H10F2N4O3S/c20-13-4-7-19(24-11-13)25-29(26,27)14-5-6-17(12(8-14)9-22)28-18-3-1-2-16(21)15(18)10-23/h1-8,11H,(H,24,25). The molecular weight excluding hydrogens is 402 g/mol. The zero-order valence-electron chi connectivity index (χ0n) is 14.4. The highest BCUT2D eigenvalue weighted by molar-refractivity contribution is 7.92. The highest BCUT2D eigenvalue weighted by atomic mass is 32.2. The van der Waals surface area contributed by atoms with E-state index in [0.29, 0.717) is 0 Å². The fourth-order valence-corrected chi connectivity index (χ4v) is 3.34. The number of pyridine rings is 1. The number of ether oxygens (including phenoxy) is 1. The van der Waals surface area contributed by atoms with Crippen molar-refractivity contribution in [3.05, 3.63) is 77.5 Å². The number of aromatic nitrogens is 1. The Hall–Kier alpha value is -4.02. The van der Waals surface area contributed by atoms with Crippen LogP contribution >= 0.6 is 0 Å². The molecule has 10 heteroatoms. The SMILES string of the molecule is N#Cc1cc(S(=O)(=O)Nc2ccc(F)cn2)ccc1Oc1cccc(F)c1C#N. The lowest BCUT2D eigenvalue weighted by atomic mass is 10.2. The van der Waals surface area contributed by atoms with Gasteiger partial charge in [0, 0.05) is 0 Å². The second kappa shape index (κ2) is 7.92. The second-order valence-corrected chi connectivity index (χ2v) is 7.25. The summed E-state index contributed by atoms with van der Waals surface area (Å²) in [6.45, 7) is 0. The number of rotatable bonds is 5. The molecule has 0 fully saturated rings. The monoisotopic (exact) mass is 412 g/mol. The molecule has 0 aliphatic carbocycles. The summed E-state index contributed by atoms with van der Waals surface area (Å²) >= 11 is 0. The van der Waals surface area contributed by atoms with Gasteiger partial charge in [0.15, 0.2) is 0 Å². The Bertz CT molecular complexity index is 1260. The van der Waals surface area contributed by atoms with E-state index in [2.05, 4.69) is 9.71 Å². The Morgan fingerprint density at radius 1 is 1.00 bits per heavy atom. The Morgan fingerprint density at radius 3 is 2.45 bits per heavy atom. The first-order valence-corrected chi connectivity index (χ1v) is 9.37. The van der Waals surface area contributed by atoms with Crippen molar-refractivity contribution < 1.29 is 21.9 Å². The van der Waals surface area contributed by atoms with Gasteiger partial charge in [-0.1, -0.05) is 6.07 Å². The smallest absolute Gasteiger partial charge is 0.263 e. The second-order valence-electron chi connectivity index (χ2n) is 5.56. The molecular formula is C19H10F2N4O3S. The molecule has 0 spiro atoms. The quantitative estimate of drug-likeness (QED) is 0.683. The number of benzene rings is 2. The van der Waals surface area contributed by atoms with Crippen molar-refractivity contribution in [1.82, 2.24) is 4.98 Å². The number of hydrogen-bond donors (Lipinski definition) is 1. The van der Waals surface area contributed by atoms with Gasteiger partial charge in [-0.05, 0) is 42.5 Å². The number of nitrogens with zero attached hydrogens (tertiary/aromatic N) is 3. The van der Waals surface area contributed by atoms with Crippen molar-refractivity contribution in [2.75, 3.05) is 4.72 Å². The average molecular weight is 412 g/mol. The molecule has 1 N–H and O–H groups in total. The van der Waals surface area contributed by atoms with Crippen LogP contribution in [0.2, 0.25) is 0 Å². The lowest BCUT2D eigenvalue weighted by molar-refractivity contribution is 0.472. The van der Waals surface area contributed by atoms with Crippen molar-refractivity contribution in [1.29, 1.82) is 10.5 Å². The fourth-order valence-electron chi connectivity index (χ4n) is 2.30. The Kier molecular flexibility index (Phi) is 5.39. The fraction of sp³-hybridized carbons (Fsp3) is 0. The molecule has 1 aromatic heterocycles. The number of halogens is 2. The zero-order valence-corrected chi connectivity index (χ0v) is 15.2. The maximum atomic E-state index is 13.7. The summed E-state index contributed by atoms with van der Waals surface area (Å²) in [5, 5.41) is 18.4. The first kappa shape index (κ1) is 19.7. The van der Waals surface area contributed by atoms with E-state index in [1.54, 1.807) is 12.1 Å². The van der Waals surface area contributed by atoms with E-state index in [1.165, 1.54) is 18.2 Å². The third kappa shape index (κ3) is 4.29. The predicted octanol–water partition coefficient (Wildman–Crippen LogP) is 3.70. The molecule has 0 radical (unpaired) electrons. The van der Waals surface area contributed by atoms with Crippen molar-refractivity contribution >= 4 is 15.8 Å². The third-order valence-corrected chi connectivity index (χ3v) is 5.01. The highest BCUT2D eigenvalue weighted by Crippen LogP contribution is 2.30.